The van der Waals surface area contributed by atoms with Crippen LogP contribution < -0.4 is 9.47 Å². The fraction of sp³-hybridized carbons (Fsp3) is 0.324. The number of aliphatic hydroxyl groups excluding tert-OH is 4. The molecular weight excluding hydrogens is 584 g/mol. The lowest BCUT2D eigenvalue weighted by Crippen LogP contribution is -2.50. The quantitative estimate of drug-likeness (QED) is 0.187. The minimum absolute atomic E-state index is 0.0952. The summed E-state index contributed by atoms with van der Waals surface area (Å²) in [6.45, 7) is -0.234. The van der Waals surface area contributed by atoms with Gasteiger partial charge >= 0.3 is 6.03 Å². The molecule has 46 heavy (non-hydrogen) atoms. The second-order valence-electron chi connectivity index (χ2n) is 11.6. The second kappa shape index (κ2) is 15.2. The number of hydrogen-bond donors (Lipinski definition) is 4. The number of carbonyl (C=O) groups is 1. The first-order valence-corrected chi connectivity index (χ1v) is 15.4. The molecule has 4 unspecified atom stereocenters. The molecule has 2 amide bonds. The van der Waals surface area contributed by atoms with Gasteiger partial charge in [0.2, 0.25) is 0 Å². The summed E-state index contributed by atoms with van der Waals surface area (Å²) in [5.41, 5.74) is 4.45. The minimum atomic E-state index is -1.33. The summed E-state index contributed by atoms with van der Waals surface area (Å²) < 4.78 is 10.9. The first-order valence-electron chi connectivity index (χ1n) is 15.4. The average molecular weight is 627 g/mol. The van der Waals surface area contributed by atoms with Gasteiger partial charge in [-0.1, -0.05) is 72.8 Å². The van der Waals surface area contributed by atoms with E-state index in [-0.39, 0.29) is 45.2 Å². The zero-order valence-electron chi connectivity index (χ0n) is 26.2. The summed E-state index contributed by atoms with van der Waals surface area (Å²) in [6.07, 6.45) is -2.17. The zero-order valence-corrected chi connectivity index (χ0v) is 26.2. The third-order valence-corrected chi connectivity index (χ3v) is 8.85. The van der Waals surface area contributed by atoms with E-state index < -0.39 is 24.3 Å². The molecule has 0 aromatic heterocycles. The van der Waals surface area contributed by atoms with Crippen LogP contribution in [0.4, 0.5) is 4.79 Å². The van der Waals surface area contributed by atoms with Crippen LogP contribution in [0.25, 0.3) is 0 Å². The van der Waals surface area contributed by atoms with Crippen molar-refractivity contribution in [3.63, 3.8) is 0 Å². The highest BCUT2D eigenvalue weighted by molar-refractivity contribution is 5.76. The Morgan fingerprint density at radius 2 is 0.978 bits per heavy atom. The summed E-state index contributed by atoms with van der Waals surface area (Å²) in [6, 6.07) is 27.5. The summed E-state index contributed by atoms with van der Waals surface area (Å²) in [4.78, 5) is 18.2. The average Bonchev–Trinajstić information content (AvgIpc) is 3.15. The van der Waals surface area contributed by atoms with Crippen molar-refractivity contribution >= 4 is 6.03 Å². The van der Waals surface area contributed by atoms with E-state index in [2.05, 4.69) is 0 Å². The monoisotopic (exact) mass is 626 g/mol. The molecule has 1 aliphatic rings. The van der Waals surface area contributed by atoms with Gasteiger partial charge in [-0.3, -0.25) is 0 Å². The Morgan fingerprint density at radius 3 is 1.35 bits per heavy atom. The van der Waals surface area contributed by atoms with Crippen LogP contribution in [0.5, 0.6) is 11.5 Å². The molecule has 9 nitrogen and oxygen atoms in total. The van der Waals surface area contributed by atoms with Gasteiger partial charge < -0.3 is 39.7 Å². The number of carbonyl (C=O) groups excluding carboxylic acids is 1. The van der Waals surface area contributed by atoms with E-state index in [1.807, 2.05) is 84.9 Å². The Labute approximate surface area is 269 Å². The van der Waals surface area contributed by atoms with Crippen molar-refractivity contribution in [3.05, 3.63) is 130 Å². The van der Waals surface area contributed by atoms with Gasteiger partial charge in [0.1, 0.15) is 23.7 Å². The molecule has 0 aliphatic carbocycles. The molecule has 0 saturated carbocycles. The largest absolute Gasteiger partial charge is 0.497 e. The highest BCUT2D eigenvalue weighted by Crippen LogP contribution is 2.32. The molecule has 4 aromatic rings. The van der Waals surface area contributed by atoms with Gasteiger partial charge in [0.25, 0.3) is 0 Å². The lowest BCUT2D eigenvalue weighted by Gasteiger charge is -2.36. The molecule has 1 heterocycles. The van der Waals surface area contributed by atoms with E-state index in [4.69, 9.17) is 9.47 Å². The highest BCUT2D eigenvalue weighted by atomic mass is 16.5. The van der Waals surface area contributed by atoms with Gasteiger partial charge in [-0.25, -0.2) is 4.79 Å². The van der Waals surface area contributed by atoms with E-state index in [0.29, 0.717) is 22.6 Å². The van der Waals surface area contributed by atoms with E-state index in [1.165, 1.54) is 0 Å². The van der Waals surface area contributed by atoms with Crippen molar-refractivity contribution in [1.82, 2.24) is 9.80 Å². The summed E-state index contributed by atoms with van der Waals surface area (Å²) in [7, 11) is 3.16. The highest BCUT2D eigenvalue weighted by Gasteiger charge is 2.46. The predicted octanol–water partition coefficient (Wildman–Crippen LogP) is 4.07. The number of urea groups is 1. The molecule has 1 aliphatic heterocycles. The van der Waals surface area contributed by atoms with Crippen molar-refractivity contribution in [2.75, 3.05) is 14.2 Å². The molecule has 9 heteroatoms. The van der Waals surface area contributed by atoms with Gasteiger partial charge in [-0.2, -0.15) is 0 Å². The SMILES string of the molecule is COc1cccc(CC2C(O)C(O)C(Cc3cccc(OC)c3)N(Cc3ccccc3CO)C(=O)N2Cc2ccccc2CO)c1. The summed E-state index contributed by atoms with van der Waals surface area (Å²) in [5, 5.41) is 44.3. The summed E-state index contributed by atoms with van der Waals surface area (Å²) in [5.74, 6) is 1.28. The van der Waals surface area contributed by atoms with Gasteiger partial charge in [0, 0.05) is 13.1 Å². The van der Waals surface area contributed by atoms with Crippen molar-refractivity contribution in [2.24, 2.45) is 0 Å². The van der Waals surface area contributed by atoms with Gasteiger partial charge in [-0.05, 0) is 70.5 Å². The van der Waals surface area contributed by atoms with Crippen LogP contribution in [0.2, 0.25) is 0 Å². The Bertz CT molecular complexity index is 1500. The molecule has 4 aromatic carbocycles. The second-order valence-corrected chi connectivity index (χ2v) is 11.6. The Hall–Kier alpha value is -4.41. The van der Waals surface area contributed by atoms with Crippen LogP contribution in [0.15, 0.2) is 97.1 Å². The number of nitrogens with zero attached hydrogens (tertiary/aromatic N) is 2. The zero-order chi connectivity index (χ0) is 32.6. The molecule has 1 fully saturated rings. The van der Waals surface area contributed by atoms with Crippen LogP contribution in [0.3, 0.4) is 0 Å². The fourth-order valence-electron chi connectivity index (χ4n) is 6.29. The van der Waals surface area contributed by atoms with Crippen LogP contribution in [0, 0.1) is 0 Å². The number of rotatable bonds is 12. The normalized spacial score (nSPS) is 20.0. The number of ether oxygens (including phenoxy) is 2. The van der Waals surface area contributed by atoms with Crippen LogP contribution in [-0.2, 0) is 39.1 Å². The standard InChI is InChI=1S/C37H42N2O7/c1-45-31-15-7-9-25(17-31)19-33-35(42)36(43)34(20-26-10-8-16-32(18-26)46-2)39(22-28-12-4-6-14-30(28)24-41)37(44)38(33)21-27-11-3-5-13-29(27)23-40/h3-18,33-36,40-43H,19-24H2,1-2H3. The van der Waals surface area contributed by atoms with Crippen LogP contribution >= 0.6 is 0 Å². The number of hydrogen-bond acceptors (Lipinski definition) is 7. The lowest BCUT2D eigenvalue weighted by molar-refractivity contribution is -0.0409. The molecule has 0 radical (unpaired) electrons. The maximum Gasteiger partial charge on any atom is 0.321 e. The number of aliphatic hydroxyl groups is 4. The van der Waals surface area contributed by atoms with Crippen molar-refractivity contribution in [2.45, 2.75) is 63.4 Å². The van der Waals surface area contributed by atoms with Crippen molar-refractivity contribution in [1.29, 1.82) is 0 Å². The van der Waals surface area contributed by atoms with Crippen LogP contribution in [0.1, 0.15) is 33.4 Å². The van der Waals surface area contributed by atoms with E-state index in [1.54, 1.807) is 36.2 Å². The smallest absolute Gasteiger partial charge is 0.321 e. The minimum Gasteiger partial charge on any atom is -0.497 e. The van der Waals surface area contributed by atoms with E-state index in [9.17, 15) is 25.2 Å². The van der Waals surface area contributed by atoms with Gasteiger partial charge in [-0.15, -0.1) is 0 Å². The molecule has 0 bridgehead atoms. The molecule has 4 atom stereocenters. The maximum absolute atomic E-state index is 14.9. The van der Waals surface area contributed by atoms with Crippen LogP contribution in [-0.4, -0.2) is 74.8 Å². The maximum atomic E-state index is 14.9. The van der Waals surface area contributed by atoms with Crippen molar-refractivity contribution in [3.8, 4) is 11.5 Å². The van der Waals surface area contributed by atoms with E-state index in [0.717, 1.165) is 22.3 Å². The lowest BCUT2D eigenvalue weighted by atomic mass is 9.90. The third-order valence-electron chi connectivity index (χ3n) is 8.85. The summed E-state index contributed by atoms with van der Waals surface area (Å²) >= 11 is 0. The molecule has 242 valence electrons. The Kier molecular flexibility index (Phi) is 10.9. The van der Waals surface area contributed by atoms with Crippen molar-refractivity contribution < 1.29 is 34.7 Å². The number of amides is 2. The number of benzene rings is 4. The molecular formula is C37H42N2O7. The first-order chi connectivity index (χ1) is 22.4. The molecule has 4 N–H and O–H groups in total. The van der Waals surface area contributed by atoms with Gasteiger partial charge in [0.05, 0.1) is 39.5 Å². The Morgan fingerprint density at radius 1 is 0.587 bits per heavy atom. The fourth-order valence-corrected chi connectivity index (χ4v) is 6.29. The van der Waals surface area contributed by atoms with Gasteiger partial charge in [0.15, 0.2) is 0 Å². The molecule has 0 spiro atoms. The molecule has 1 saturated heterocycles. The molecule has 5 rings (SSSR count). The first kappa shape index (κ1) is 33.0. The topological polar surface area (TPSA) is 123 Å². The third kappa shape index (κ3) is 7.35. The Balaban J connectivity index is 1.63. The number of methoxy groups -OCH3 is 2. The predicted molar refractivity (Wildman–Crippen MR) is 174 cm³/mol. The van der Waals surface area contributed by atoms with E-state index >= 15 is 0 Å².